The normalized spacial score (nSPS) is 14.5. The maximum atomic E-state index is 11.7. The molecule has 0 aliphatic carbocycles. The topological polar surface area (TPSA) is 75.3 Å². The van der Waals surface area contributed by atoms with Crippen LogP contribution in [0.4, 0.5) is 4.79 Å². The maximum absolute atomic E-state index is 11.7. The Hall–Kier alpha value is -2.09. The predicted octanol–water partition coefficient (Wildman–Crippen LogP) is 3.30. The molecule has 1 aliphatic rings. The van der Waals surface area contributed by atoms with E-state index in [0.717, 1.165) is 14.0 Å². The van der Waals surface area contributed by atoms with Gasteiger partial charge in [0.25, 0.3) is 11.8 Å². The monoisotopic (exact) mass is 364 g/mol. The Labute approximate surface area is 144 Å². The third-order valence-corrected chi connectivity index (χ3v) is 5.29. The number of nitrogens with one attached hydrogen (secondary N) is 2. The van der Waals surface area contributed by atoms with Crippen molar-refractivity contribution < 1.29 is 14.4 Å². The first kappa shape index (κ1) is 15.8. The molecule has 1 aromatic heterocycles. The van der Waals surface area contributed by atoms with Crippen molar-refractivity contribution in [2.45, 2.75) is 9.10 Å². The van der Waals surface area contributed by atoms with Crippen molar-refractivity contribution in [2.75, 3.05) is 0 Å². The summed E-state index contributed by atoms with van der Waals surface area (Å²) in [7, 11) is 0. The summed E-state index contributed by atoms with van der Waals surface area (Å²) >= 11 is 8.85. The molecule has 0 unspecified atom stereocenters. The molecule has 2 N–H and O–H groups in total. The first-order valence-corrected chi connectivity index (χ1v) is 8.44. The fraction of sp³-hybridized carbons (Fsp3) is 0. The Bertz CT molecular complexity index is 806. The Kier molecular flexibility index (Phi) is 4.51. The van der Waals surface area contributed by atoms with Crippen molar-refractivity contribution in [1.82, 2.24) is 10.6 Å². The van der Waals surface area contributed by atoms with E-state index in [1.807, 2.05) is 47.0 Å². The van der Waals surface area contributed by atoms with Gasteiger partial charge in [-0.1, -0.05) is 23.4 Å². The lowest BCUT2D eigenvalue weighted by Gasteiger charge is -2.13. The minimum Gasteiger partial charge on any atom is -0.273 e. The highest BCUT2D eigenvalue weighted by Crippen LogP contribution is 2.34. The molecule has 2 heterocycles. The number of carbonyl (C=O) groups excluding carboxylic acids is 3. The van der Waals surface area contributed by atoms with Crippen LogP contribution < -0.4 is 10.6 Å². The lowest BCUT2D eigenvalue weighted by atomic mass is 10.2. The summed E-state index contributed by atoms with van der Waals surface area (Å²) in [4.78, 5) is 36.1. The zero-order valence-electron chi connectivity index (χ0n) is 11.5. The Morgan fingerprint density at radius 1 is 0.957 bits per heavy atom. The molecule has 4 amide bonds. The Balaban J connectivity index is 1.78. The molecule has 1 fully saturated rings. The first-order valence-electron chi connectivity index (χ1n) is 6.43. The SMILES string of the molecule is O=C1NC(=O)C(=Cc2ccc(Sc3ccc(Cl)cc3)s2)C(=O)N1. The lowest BCUT2D eigenvalue weighted by Crippen LogP contribution is -2.51. The smallest absolute Gasteiger partial charge is 0.273 e. The summed E-state index contributed by atoms with van der Waals surface area (Å²) in [5.41, 5.74) is -0.0884. The van der Waals surface area contributed by atoms with Gasteiger partial charge in [0.1, 0.15) is 5.57 Å². The number of halogens is 1. The first-order chi connectivity index (χ1) is 11.0. The van der Waals surface area contributed by atoms with E-state index in [4.69, 9.17) is 11.6 Å². The van der Waals surface area contributed by atoms with E-state index in [2.05, 4.69) is 0 Å². The van der Waals surface area contributed by atoms with Crippen molar-refractivity contribution in [3.8, 4) is 0 Å². The molecule has 23 heavy (non-hydrogen) atoms. The number of amides is 4. The summed E-state index contributed by atoms with van der Waals surface area (Å²) in [5.74, 6) is -1.39. The molecule has 8 heteroatoms. The molecule has 1 aromatic carbocycles. The van der Waals surface area contributed by atoms with Crippen molar-refractivity contribution >= 4 is 58.6 Å². The van der Waals surface area contributed by atoms with Gasteiger partial charge in [0.2, 0.25) is 0 Å². The predicted molar refractivity (Wildman–Crippen MR) is 89.6 cm³/mol. The second-order valence-corrected chi connectivity index (χ2v) is 7.43. The number of barbiturate groups is 1. The van der Waals surface area contributed by atoms with Crippen LogP contribution in [-0.2, 0) is 9.59 Å². The van der Waals surface area contributed by atoms with Gasteiger partial charge in [-0.25, -0.2) is 4.79 Å². The minimum atomic E-state index is -0.803. The van der Waals surface area contributed by atoms with Crippen molar-refractivity contribution in [3.05, 3.63) is 51.9 Å². The molecule has 1 saturated heterocycles. The Morgan fingerprint density at radius 3 is 2.26 bits per heavy atom. The average Bonchev–Trinajstić information content (AvgIpc) is 2.93. The van der Waals surface area contributed by atoms with Crippen LogP contribution in [-0.4, -0.2) is 17.8 Å². The summed E-state index contributed by atoms with van der Waals surface area (Å²) in [6, 6.07) is 10.4. The number of carbonyl (C=O) groups is 3. The van der Waals surface area contributed by atoms with Crippen LogP contribution >= 0.6 is 34.7 Å². The molecule has 0 atom stereocenters. The molecule has 0 radical (unpaired) electrons. The quantitative estimate of drug-likeness (QED) is 0.647. The van der Waals surface area contributed by atoms with Crippen molar-refractivity contribution in [1.29, 1.82) is 0 Å². The van der Waals surface area contributed by atoms with Crippen LogP contribution in [0.5, 0.6) is 0 Å². The molecule has 3 rings (SSSR count). The van der Waals surface area contributed by atoms with E-state index < -0.39 is 17.8 Å². The molecule has 2 aromatic rings. The molecule has 0 spiro atoms. The van der Waals surface area contributed by atoms with Crippen LogP contribution in [0.15, 0.2) is 51.1 Å². The van der Waals surface area contributed by atoms with Gasteiger partial charge < -0.3 is 0 Å². The van der Waals surface area contributed by atoms with E-state index in [1.165, 1.54) is 17.4 Å². The molecule has 1 aliphatic heterocycles. The van der Waals surface area contributed by atoms with Crippen LogP contribution in [0, 0.1) is 0 Å². The summed E-state index contributed by atoms with van der Waals surface area (Å²) < 4.78 is 1.01. The molecule has 0 saturated carbocycles. The second-order valence-electron chi connectivity index (χ2n) is 4.51. The third kappa shape index (κ3) is 3.82. The second kappa shape index (κ2) is 6.57. The van der Waals surface area contributed by atoms with Crippen LogP contribution in [0.1, 0.15) is 4.88 Å². The molecule has 116 valence electrons. The number of hydrogen-bond acceptors (Lipinski definition) is 5. The van der Waals surface area contributed by atoms with Gasteiger partial charge in [-0.15, -0.1) is 11.3 Å². The average molecular weight is 365 g/mol. The lowest BCUT2D eigenvalue weighted by molar-refractivity contribution is -0.123. The van der Waals surface area contributed by atoms with Crippen LogP contribution in [0.25, 0.3) is 6.08 Å². The van der Waals surface area contributed by atoms with Crippen molar-refractivity contribution in [2.24, 2.45) is 0 Å². The number of rotatable bonds is 3. The maximum Gasteiger partial charge on any atom is 0.328 e. The van der Waals surface area contributed by atoms with Gasteiger partial charge in [-0.2, -0.15) is 0 Å². The number of benzene rings is 1. The van der Waals surface area contributed by atoms with Crippen LogP contribution in [0.2, 0.25) is 5.02 Å². The highest BCUT2D eigenvalue weighted by atomic mass is 35.5. The fourth-order valence-electron chi connectivity index (χ4n) is 1.83. The van der Waals surface area contributed by atoms with Gasteiger partial charge in [0.15, 0.2) is 0 Å². The van der Waals surface area contributed by atoms with Gasteiger partial charge in [0.05, 0.1) is 4.21 Å². The number of imide groups is 2. The largest absolute Gasteiger partial charge is 0.328 e. The summed E-state index contributed by atoms with van der Waals surface area (Å²) in [5, 5.41) is 4.76. The fourth-order valence-corrected chi connectivity index (χ4v) is 4.03. The zero-order chi connectivity index (χ0) is 16.4. The van der Waals surface area contributed by atoms with Crippen molar-refractivity contribution in [3.63, 3.8) is 0 Å². The molecule has 0 bridgehead atoms. The zero-order valence-corrected chi connectivity index (χ0v) is 13.8. The third-order valence-electron chi connectivity index (χ3n) is 2.86. The number of thiophene rings is 1. The molecule has 5 nitrogen and oxygen atoms in total. The number of hydrogen-bond donors (Lipinski definition) is 2. The van der Waals surface area contributed by atoms with Gasteiger partial charge in [0, 0.05) is 14.8 Å². The Morgan fingerprint density at radius 2 is 1.61 bits per heavy atom. The van der Waals surface area contributed by atoms with E-state index in [-0.39, 0.29) is 5.57 Å². The number of urea groups is 1. The van der Waals surface area contributed by atoms with Gasteiger partial charge in [-0.05, 0) is 42.5 Å². The van der Waals surface area contributed by atoms with E-state index in [9.17, 15) is 14.4 Å². The molecular formula is C15H9ClN2O3S2. The van der Waals surface area contributed by atoms with Crippen LogP contribution in [0.3, 0.4) is 0 Å². The van der Waals surface area contributed by atoms with E-state index in [0.29, 0.717) is 5.02 Å². The summed E-state index contributed by atoms with van der Waals surface area (Å²) in [6.07, 6.45) is 1.47. The highest BCUT2D eigenvalue weighted by molar-refractivity contribution is 8.01. The standard InChI is InChI=1S/C15H9ClN2O3S2/c16-8-1-3-9(4-2-8)22-12-6-5-10(23-12)7-11-13(19)17-15(21)18-14(11)20/h1-7H,(H2,17,18,19,20,21). The van der Waals surface area contributed by atoms with Gasteiger partial charge >= 0.3 is 6.03 Å². The van der Waals surface area contributed by atoms with E-state index >= 15 is 0 Å². The highest BCUT2D eigenvalue weighted by Gasteiger charge is 2.27. The summed E-state index contributed by atoms with van der Waals surface area (Å²) in [6.45, 7) is 0. The molecular weight excluding hydrogens is 356 g/mol. The minimum absolute atomic E-state index is 0.0884. The van der Waals surface area contributed by atoms with E-state index in [1.54, 1.807) is 11.8 Å². The van der Waals surface area contributed by atoms with Gasteiger partial charge in [-0.3, -0.25) is 20.2 Å².